The molecule has 0 aliphatic heterocycles. The normalized spacial score (nSPS) is 22.0. The molecule has 0 fully saturated rings. The number of fused-ring (bicyclic) bond motifs is 2. The molecule has 2 atom stereocenters. The first-order valence-electron chi connectivity index (χ1n) is 8.46. The highest BCUT2D eigenvalue weighted by Crippen LogP contribution is 2.52. The van der Waals surface area contributed by atoms with Crippen LogP contribution in [0.15, 0.2) is 60.7 Å². The zero-order valence-corrected chi connectivity index (χ0v) is 13.8. The lowest BCUT2D eigenvalue weighted by atomic mass is 9.87. The summed E-state index contributed by atoms with van der Waals surface area (Å²) in [6.07, 6.45) is 7.09. The molecule has 2 aromatic rings. The molecule has 1 nitrogen and oxygen atoms in total. The first-order chi connectivity index (χ1) is 11.3. The second-order valence-electron chi connectivity index (χ2n) is 6.44. The van der Waals surface area contributed by atoms with E-state index in [1.54, 1.807) is 7.11 Å². The van der Waals surface area contributed by atoms with Gasteiger partial charge in [0.1, 0.15) is 5.75 Å². The molecule has 2 bridgehead atoms. The first kappa shape index (κ1) is 14.3. The highest BCUT2D eigenvalue weighted by atomic mass is 16.5. The Bertz CT molecular complexity index is 697. The zero-order chi connectivity index (χ0) is 15.8. The lowest BCUT2D eigenvalue weighted by molar-refractivity contribution is 0.415. The van der Waals surface area contributed by atoms with E-state index in [-0.39, 0.29) is 0 Å². The average Bonchev–Trinajstić information content (AvgIpc) is 3.23. The summed E-state index contributed by atoms with van der Waals surface area (Å²) in [6.45, 7) is 2.21. The molecule has 0 aromatic heterocycles. The summed E-state index contributed by atoms with van der Waals surface area (Å²) >= 11 is 0. The highest BCUT2D eigenvalue weighted by molar-refractivity contribution is 5.97. The van der Waals surface area contributed by atoms with Gasteiger partial charge in [-0.15, -0.1) is 0 Å². The van der Waals surface area contributed by atoms with Gasteiger partial charge in [0.25, 0.3) is 0 Å². The fourth-order valence-electron chi connectivity index (χ4n) is 3.96. The molecule has 2 aliphatic rings. The van der Waals surface area contributed by atoms with Gasteiger partial charge in [0.05, 0.1) is 7.11 Å². The molecule has 4 rings (SSSR count). The molecule has 0 heterocycles. The van der Waals surface area contributed by atoms with E-state index in [1.807, 2.05) is 0 Å². The molecule has 1 heteroatoms. The molecular weight excluding hydrogens is 280 g/mol. The van der Waals surface area contributed by atoms with Crippen molar-refractivity contribution in [1.82, 2.24) is 0 Å². The standard InChI is InChI=1S/C22H22O/c1-3-15-4-6-16(7-5-15)21-18-8-9-19(14-18)22(21)17-10-12-20(23-2)13-11-17/h4-13,18-19H,3,14H2,1-2H3. The summed E-state index contributed by atoms with van der Waals surface area (Å²) in [6, 6.07) is 17.7. The van der Waals surface area contributed by atoms with Crippen molar-refractivity contribution >= 4 is 11.1 Å². The Labute approximate surface area is 138 Å². The van der Waals surface area contributed by atoms with E-state index in [0.717, 1.165) is 12.2 Å². The maximum atomic E-state index is 5.30. The maximum absolute atomic E-state index is 5.30. The third-order valence-corrected chi connectivity index (χ3v) is 5.19. The van der Waals surface area contributed by atoms with Crippen LogP contribution in [-0.2, 0) is 6.42 Å². The first-order valence-corrected chi connectivity index (χ1v) is 8.46. The second-order valence-corrected chi connectivity index (χ2v) is 6.44. The Kier molecular flexibility index (Phi) is 3.57. The largest absolute Gasteiger partial charge is 0.497 e. The van der Waals surface area contributed by atoms with Crippen LogP contribution in [0.25, 0.3) is 11.1 Å². The molecule has 2 aromatic carbocycles. The Hall–Kier alpha value is -2.28. The van der Waals surface area contributed by atoms with Crippen molar-refractivity contribution in [2.24, 2.45) is 11.8 Å². The summed E-state index contributed by atoms with van der Waals surface area (Å²) in [5.41, 5.74) is 7.14. The van der Waals surface area contributed by atoms with Crippen LogP contribution in [0.1, 0.15) is 30.0 Å². The zero-order valence-electron chi connectivity index (χ0n) is 13.8. The molecule has 2 unspecified atom stereocenters. The monoisotopic (exact) mass is 302 g/mol. The van der Waals surface area contributed by atoms with Crippen LogP contribution in [0.3, 0.4) is 0 Å². The molecule has 116 valence electrons. The number of ether oxygens (including phenoxy) is 1. The van der Waals surface area contributed by atoms with Gasteiger partial charge in [-0.2, -0.15) is 0 Å². The molecule has 0 radical (unpaired) electrons. The van der Waals surface area contributed by atoms with Crippen LogP contribution in [0.4, 0.5) is 0 Å². The van der Waals surface area contributed by atoms with E-state index in [4.69, 9.17) is 4.74 Å². The van der Waals surface area contributed by atoms with Gasteiger partial charge in [0.15, 0.2) is 0 Å². The lowest BCUT2D eigenvalue weighted by Gasteiger charge is -2.18. The Morgan fingerprint density at radius 2 is 1.35 bits per heavy atom. The van der Waals surface area contributed by atoms with Crippen molar-refractivity contribution in [3.8, 4) is 5.75 Å². The van der Waals surface area contributed by atoms with Crippen LogP contribution in [-0.4, -0.2) is 7.11 Å². The quantitative estimate of drug-likeness (QED) is 0.689. The van der Waals surface area contributed by atoms with Crippen molar-refractivity contribution < 1.29 is 4.74 Å². The van der Waals surface area contributed by atoms with Crippen molar-refractivity contribution in [1.29, 1.82) is 0 Å². The molecule has 0 N–H and O–H groups in total. The third kappa shape index (κ3) is 2.41. The fraction of sp³-hybridized carbons (Fsp3) is 0.273. The molecule has 0 saturated heterocycles. The Morgan fingerprint density at radius 1 is 0.826 bits per heavy atom. The average molecular weight is 302 g/mol. The Morgan fingerprint density at radius 3 is 1.83 bits per heavy atom. The van der Waals surface area contributed by atoms with Gasteiger partial charge in [-0.3, -0.25) is 0 Å². The number of aryl methyl sites for hydroxylation is 1. The summed E-state index contributed by atoms with van der Waals surface area (Å²) in [5, 5.41) is 0. The SMILES string of the molecule is CCc1ccc(C2=C(c3ccc(OC)cc3)C3C=CC2C3)cc1. The maximum Gasteiger partial charge on any atom is 0.118 e. The number of methoxy groups -OCH3 is 1. The molecule has 0 amide bonds. The van der Waals surface area contributed by atoms with Crippen LogP contribution in [0.2, 0.25) is 0 Å². The number of allylic oxidation sites excluding steroid dienone is 4. The summed E-state index contributed by atoms with van der Waals surface area (Å²) in [7, 11) is 1.72. The molecule has 2 aliphatic carbocycles. The summed E-state index contributed by atoms with van der Waals surface area (Å²) in [5.74, 6) is 2.06. The van der Waals surface area contributed by atoms with Gasteiger partial charge in [-0.05, 0) is 52.8 Å². The summed E-state index contributed by atoms with van der Waals surface area (Å²) in [4.78, 5) is 0. The minimum atomic E-state index is 0.564. The minimum absolute atomic E-state index is 0.564. The predicted octanol–water partition coefficient (Wildman–Crippen LogP) is 5.37. The summed E-state index contributed by atoms with van der Waals surface area (Å²) < 4.78 is 5.30. The van der Waals surface area contributed by atoms with Gasteiger partial charge in [-0.25, -0.2) is 0 Å². The van der Waals surface area contributed by atoms with Crippen molar-refractivity contribution in [3.05, 3.63) is 77.4 Å². The highest BCUT2D eigenvalue weighted by Gasteiger charge is 2.36. The van der Waals surface area contributed by atoms with Crippen LogP contribution < -0.4 is 4.74 Å². The number of hydrogen-bond donors (Lipinski definition) is 0. The van der Waals surface area contributed by atoms with Gasteiger partial charge < -0.3 is 4.74 Å². The Balaban J connectivity index is 1.80. The van der Waals surface area contributed by atoms with Gasteiger partial charge in [0.2, 0.25) is 0 Å². The van der Waals surface area contributed by atoms with Gasteiger partial charge in [0, 0.05) is 11.8 Å². The third-order valence-electron chi connectivity index (χ3n) is 5.19. The fourth-order valence-corrected chi connectivity index (χ4v) is 3.96. The van der Waals surface area contributed by atoms with E-state index >= 15 is 0 Å². The van der Waals surface area contributed by atoms with Crippen molar-refractivity contribution in [3.63, 3.8) is 0 Å². The van der Waals surface area contributed by atoms with E-state index < -0.39 is 0 Å². The number of hydrogen-bond acceptors (Lipinski definition) is 1. The van der Waals surface area contributed by atoms with Crippen molar-refractivity contribution in [2.75, 3.05) is 7.11 Å². The lowest BCUT2D eigenvalue weighted by Crippen LogP contribution is -1.99. The van der Waals surface area contributed by atoms with E-state index in [1.165, 1.54) is 34.3 Å². The number of rotatable bonds is 4. The van der Waals surface area contributed by atoms with E-state index in [9.17, 15) is 0 Å². The van der Waals surface area contributed by atoms with E-state index in [0.29, 0.717) is 11.8 Å². The smallest absolute Gasteiger partial charge is 0.118 e. The topological polar surface area (TPSA) is 9.23 Å². The molecule has 23 heavy (non-hydrogen) atoms. The van der Waals surface area contributed by atoms with Crippen LogP contribution >= 0.6 is 0 Å². The number of benzene rings is 2. The molecule has 0 spiro atoms. The van der Waals surface area contributed by atoms with Gasteiger partial charge in [-0.1, -0.05) is 55.5 Å². The van der Waals surface area contributed by atoms with Crippen LogP contribution in [0, 0.1) is 11.8 Å². The van der Waals surface area contributed by atoms with Crippen molar-refractivity contribution in [2.45, 2.75) is 19.8 Å². The molecule has 0 saturated carbocycles. The molecular formula is C22H22O. The van der Waals surface area contributed by atoms with E-state index in [2.05, 4.69) is 67.6 Å². The van der Waals surface area contributed by atoms with Gasteiger partial charge >= 0.3 is 0 Å². The predicted molar refractivity (Wildman–Crippen MR) is 96.4 cm³/mol. The van der Waals surface area contributed by atoms with Crippen LogP contribution in [0.5, 0.6) is 5.75 Å². The minimum Gasteiger partial charge on any atom is -0.497 e. The second kappa shape index (κ2) is 5.73.